The fourth-order valence-electron chi connectivity index (χ4n) is 4.66. The Bertz CT molecular complexity index is 2250. The lowest BCUT2D eigenvalue weighted by Gasteiger charge is -2.10. The summed E-state index contributed by atoms with van der Waals surface area (Å²) in [5.41, 5.74) is 1.50. The molecule has 0 fully saturated rings. The minimum atomic E-state index is -4.04. The maximum Gasteiger partial charge on any atom is 0.285 e. The molecule has 48 heavy (non-hydrogen) atoms. The summed E-state index contributed by atoms with van der Waals surface area (Å²) >= 11 is 0. The minimum Gasteiger partial charge on any atom is -0.316 e. The molecule has 0 unspecified atom stereocenters. The highest BCUT2D eigenvalue weighted by Gasteiger charge is 2.25. The molecule has 0 saturated heterocycles. The Morgan fingerprint density at radius 3 is 1.58 bits per heavy atom. The van der Waals surface area contributed by atoms with Crippen LogP contribution in [0, 0.1) is 11.6 Å². The maximum atomic E-state index is 14.2. The second kappa shape index (κ2) is 15.3. The molecule has 6 rings (SSSR count). The summed E-state index contributed by atoms with van der Waals surface area (Å²) in [6.07, 6.45) is 5.91. The van der Waals surface area contributed by atoms with Gasteiger partial charge in [-0.2, -0.15) is 16.8 Å². The van der Waals surface area contributed by atoms with Crippen LogP contribution < -0.4 is 5.32 Å². The number of rotatable bonds is 9. The third-order valence-electron chi connectivity index (χ3n) is 6.79. The van der Waals surface area contributed by atoms with Crippen LogP contribution in [0.4, 0.5) is 8.78 Å². The van der Waals surface area contributed by atoms with E-state index in [-0.39, 0.29) is 50.5 Å². The summed E-state index contributed by atoms with van der Waals surface area (Å²) < 4.78 is 81.5. The molecule has 1 N–H and O–H groups in total. The number of aromatic nitrogens is 4. The molecular formula is C33H28ClF2N5O5S2. The zero-order valence-corrected chi connectivity index (χ0v) is 27.6. The van der Waals surface area contributed by atoms with E-state index in [1.807, 2.05) is 0 Å². The van der Waals surface area contributed by atoms with Crippen molar-refractivity contribution in [3.63, 3.8) is 0 Å². The van der Waals surface area contributed by atoms with Gasteiger partial charge in [0.05, 0.1) is 11.4 Å². The van der Waals surface area contributed by atoms with Crippen molar-refractivity contribution in [3.05, 3.63) is 145 Å². The van der Waals surface area contributed by atoms with Crippen LogP contribution in [0.2, 0.25) is 0 Å². The fourth-order valence-corrected chi connectivity index (χ4v) is 7.30. The highest BCUT2D eigenvalue weighted by atomic mass is 35.5. The molecule has 4 aromatic heterocycles. The van der Waals surface area contributed by atoms with E-state index in [1.54, 1.807) is 55.6 Å². The van der Waals surface area contributed by atoms with Gasteiger partial charge in [0.2, 0.25) is 0 Å². The van der Waals surface area contributed by atoms with Gasteiger partial charge in [-0.05, 0) is 73.3 Å². The average molecular weight is 712 g/mol. The van der Waals surface area contributed by atoms with Gasteiger partial charge in [0.15, 0.2) is 16.3 Å². The van der Waals surface area contributed by atoms with Crippen LogP contribution in [-0.4, -0.2) is 48.1 Å². The van der Waals surface area contributed by atoms with Gasteiger partial charge in [0.25, 0.3) is 20.0 Å². The SMILES string of the molecule is CNCc1cc(-c2ccccc2F)n(S(=O)(=O)c2ccccn2)c1.Cl.O=Cc1cc(-c2ccccc2F)n(S(=O)(=O)c2ccccn2)c1. The number of hydrogen-bond donors (Lipinski definition) is 1. The lowest BCUT2D eigenvalue weighted by atomic mass is 10.1. The Balaban J connectivity index is 0.000000212. The Labute approximate surface area is 282 Å². The van der Waals surface area contributed by atoms with Crippen molar-refractivity contribution < 1.29 is 30.4 Å². The summed E-state index contributed by atoms with van der Waals surface area (Å²) in [6.45, 7) is 0.464. The number of nitrogens with zero attached hydrogens (tertiary/aromatic N) is 4. The number of carbonyl (C=O) groups is 1. The van der Waals surface area contributed by atoms with Crippen molar-refractivity contribution in [3.8, 4) is 22.5 Å². The van der Waals surface area contributed by atoms with Gasteiger partial charge in [0.1, 0.15) is 11.6 Å². The van der Waals surface area contributed by atoms with E-state index in [0.717, 1.165) is 19.7 Å². The van der Waals surface area contributed by atoms with Crippen LogP contribution in [0.3, 0.4) is 0 Å². The van der Waals surface area contributed by atoms with Gasteiger partial charge in [-0.1, -0.05) is 36.4 Å². The van der Waals surface area contributed by atoms with E-state index in [4.69, 9.17) is 0 Å². The van der Waals surface area contributed by atoms with Crippen LogP contribution in [-0.2, 0) is 26.6 Å². The lowest BCUT2D eigenvalue weighted by Crippen LogP contribution is -2.15. The molecule has 4 heterocycles. The zero-order chi connectivity index (χ0) is 33.6. The summed E-state index contributed by atoms with van der Waals surface area (Å²) in [5, 5.41) is 2.69. The number of carbonyl (C=O) groups excluding carboxylic acids is 1. The van der Waals surface area contributed by atoms with Crippen LogP contribution in [0.1, 0.15) is 15.9 Å². The lowest BCUT2D eigenvalue weighted by molar-refractivity contribution is 0.112. The Kier molecular flexibility index (Phi) is 11.4. The summed E-state index contributed by atoms with van der Waals surface area (Å²) in [4.78, 5) is 18.8. The number of aldehydes is 1. The number of hydrogen-bond acceptors (Lipinski definition) is 8. The smallest absolute Gasteiger partial charge is 0.285 e. The molecule has 248 valence electrons. The molecule has 10 nitrogen and oxygen atoms in total. The Hall–Kier alpha value is -5.02. The van der Waals surface area contributed by atoms with Crippen molar-refractivity contribution >= 4 is 38.7 Å². The van der Waals surface area contributed by atoms with Gasteiger partial charge in [-0.25, -0.2) is 26.7 Å². The molecule has 0 aliphatic carbocycles. The number of benzene rings is 2. The van der Waals surface area contributed by atoms with E-state index in [1.165, 1.54) is 67.1 Å². The number of nitrogens with one attached hydrogen (secondary N) is 1. The van der Waals surface area contributed by atoms with E-state index >= 15 is 0 Å². The number of pyridine rings is 2. The molecular weight excluding hydrogens is 684 g/mol. The monoisotopic (exact) mass is 711 g/mol. The summed E-state index contributed by atoms with van der Waals surface area (Å²) in [5.74, 6) is -1.07. The first-order chi connectivity index (χ1) is 22.6. The molecule has 0 amide bonds. The van der Waals surface area contributed by atoms with E-state index < -0.39 is 31.7 Å². The highest BCUT2D eigenvalue weighted by molar-refractivity contribution is 7.90. The quantitative estimate of drug-likeness (QED) is 0.186. The van der Waals surface area contributed by atoms with Crippen LogP contribution in [0.25, 0.3) is 22.5 Å². The fraction of sp³-hybridized carbons (Fsp3) is 0.0606. The largest absolute Gasteiger partial charge is 0.316 e. The molecule has 0 spiro atoms. The van der Waals surface area contributed by atoms with Crippen LogP contribution in [0.5, 0.6) is 0 Å². The molecule has 0 atom stereocenters. The molecule has 15 heteroatoms. The molecule has 0 aliphatic rings. The topological polar surface area (TPSA) is 133 Å². The summed E-state index contributed by atoms with van der Waals surface area (Å²) in [6, 6.07) is 23.9. The van der Waals surface area contributed by atoms with Gasteiger partial charge in [-0.15, -0.1) is 12.4 Å². The third-order valence-corrected chi connectivity index (χ3v) is 9.97. The molecule has 6 aromatic rings. The van der Waals surface area contributed by atoms with Gasteiger partial charge >= 0.3 is 0 Å². The van der Waals surface area contributed by atoms with Crippen LogP contribution >= 0.6 is 12.4 Å². The first-order valence-electron chi connectivity index (χ1n) is 13.9. The van der Waals surface area contributed by atoms with E-state index in [2.05, 4.69) is 15.3 Å². The standard InChI is InChI=1S/C17H16FN3O2S.C16H11FN2O3S.ClH/c1-19-11-13-10-16(14-6-2-3-7-15(14)18)21(12-13)24(22,23)17-8-4-5-9-20-17;17-14-6-2-1-5-13(14)15-9-12(11-20)10-19(15)23(21,22)16-7-3-4-8-18-16;/h2-10,12,19H,11H2,1H3;1-11H;1H. The first-order valence-corrected chi connectivity index (χ1v) is 16.8. The second-order valence-electron chi connectivity index (χ2n) is 9.94. The normalized spacial score (nSPS) is 11.2. The van der Waals surface area contributed by atoms with E-state index in [0.29, 0.717) is 12.8 Å². The molecule has 2 aromatic carbocycles. The Morgan fingerprint density at radius 2 is 1.15 bits per heavy atom. The van der Waals surface area contributed by atoms with E-state index in [9.17, 15) is 30.4 Å². The molecule has 0 saturated carbocycles. The first kappa shape index (κ1) is 35.8. The molecule has 0 radical (unpaired) electrons. The molecule has 0 aliphatic heterocycles. The van der Waals surface area contributed by atoms with Gasteiger partial charge in [0, 0.05) is 48.0 Å². The second-order valence-corrected chi connectivity index (χ2v) is 13.5. The van der Waals surface area contributed by atoms with Crippen molar-refractivity contribution in [1.29, 1.82) is 0 Å². The third kappa shape index (κ3) is 7.42. The predicted octanol–water partition coefficient (Wildman–Crippen LogP) is 5.81. The Morgan fingerprint density at radius 1 is 0.688 bits per heavy atom. The van der Waals surface area contributed by atoms with Crippen molar-refractivity contribution in [2.45, 2.75) is 16.6 Å². The summed E-state index contributed by atoms with van der Waals surface area (Å²) in [7, 11) is -6.21. The predicted molar refractivity (Wildman–Crippen MR) is 179 cm³/mol. The van der Waals surface area contributed by atoms with Gasteiger partial charge < -0.3 is 5.32 Å². The zero-order valence-electron chi connectivity index (χ0n) is 25.1. The maximum absolute atomic E-state index is 14.2. The minimum absolute atomic E-state index is 0. The van der Waals surface area contributed by atoms with Crippen molar-refractivity contribution in [1.82, 2.24) is 23.2 Å². The van der Waals surface area contributed by atoms with Crippen molar-refractivity contribution in [2.24, 2.45) is 0 Å². The molecule has 0 bridgehead atoms. The number of halogens is 3. The average Bonchev–Trinajstić information content (AvgIpc) is 3.72. The van der Waals surface area contributed by atoms with Gasteiger partial charge in [-0.3, -0.25) is 4.79 Å². The van der Waals surface area contributed by atoms with Crippen molar-refractivity contribution in [2.75, 3.05) is 7.05 Å². The highest BCUT2D eigenvalue weighted by Crippen LogP contribution is 2.29. The van der Waals surface area contributed by atoms with Crippen LogP contribution in [0.15, 0.2) is 132 Å².